The Balaban J connectivity index is 2.21. The Morgan fingerprint density at radius 2 is 2.10 bits per heavy atom. The van der Waals surface area contributed by atoms with E-state index in [-0.39, 0.29) is 18.5 Å². The number of carboxylic acid groups (broad SMARTS) is 1. The molecular weight excluding hydrogens is 268 g/mol. The summed E-state index contributed by atoms with van der Waals surface area (Å²) in [5.74, 6) is -0.882. The van der Waals surface area contributed by atoms with Gasteiger partial charge in [0.1, 0.15) is 0 Å². The van der Waals surface area contributed by atoms with Crippen molar-refractivity contribution in [3.8, 4) is 0 Å². The number of hydrogen-bond donors (Lipinski definition) is 1. The molecule has 0 bridgehead atoms. The number of amides is 2. The van der Waals surface area contributed by atoms with E-state index in [4.69, 9.17) is 5.11 Å². The van der Waals surface area contributed by atoms with Gasteiger partial charge in [-0.05, 0) is 38.3 Å². The summed E-state index contributed by atoms with van der Waals surface area (Å²) < 4.78 is 0. The smallest absolute Gasteiger partial charge is 0.324 e. The third-order valence-corrected chi connectivity index (χ3v) is 3.93. The van der Waals surface area contributed by atoms with Gasteiger partial charge in [-0.15, -0.1) is 0 Å². The summed E-state index contributed by atoms with van der Waals surface area (Å²) in [7, 11) is 0. The van der Waals surface area contributed by atoms with E-state index in [1.807, 2.05) is 31.2 Å². The molecule has 1 atom stereocenters. The molecule has 5 heteroatoms. The maximum Gasteiger partial charge on any atom is 0.324 e. The number of urea groups is 1. The van der Waals surface area contributed by atoms with Gasteiger partial charge in [0.05, 0.1) is 6.42 Å². The summed E-state index contributed by atoms with van der Waals surface area (Å²) in [5, 5.41) is 8.93. The lowest BCUT2D eigenvalue weighted by Gasteiger charge is -2.36. The largest absolute Gasteiger partial charge is 0.481 e. The van der Waals surface area contributed by atoms with E-state index in [0.29, 0.717) is 13.1 Å². The number of aliphatic carboxylic acids is 1. The van der Waals surface area contributed by atoms with Crippen molar-refractivity contribution < 1.29 is 14.7 Å². The van der Waals surface area contributed by atoms with E-state index < -0.39 is 5.97 Å². The molecule has 0 fully saturated rings. The normalized spacial score (nSPS) is 15.2. The second-order valence-electron chi connectivity index (χ2n) is 5.40. The molecule has 2 amide bonds. The molecule has 2 rings (SSSR count). The summed E-state index contributed by atoms with van der Waals surface area (Å²) in [6.07, 6.45) is 1.89. The molecule has 1 aliphatic heterocycles. The molecule has 0 aliphatic carbocycles. The first-order valence-electron chi connectivity index (χ1n) is 7.42. The number of para-hydroxylation sites is 1. The van der Waals surface area contributed by atoms with Crippen LogP contribution >= 0.6 is 0 Å². The molecule has 0 radical (unpaired) electrons. The Hall–Kier alpha value is -2.04. The fourth-order valence-corrected chi connectivity index (χ4v) is 2.89. The number of fused-ring (bicyclic) bond motifs is 1. The Morgan fingerprint density at radius 1 is 1.38 bits per heavy atom. The fraction of sp³-hybridized carbons (Fsp3) is 0.500. The number of aryl methyl sites for hydroxylation is 1. The van der Waals surface area contributed by atoms with Gasteiger partial charge in [0, 0.05) is 24.8 Å². The van der Waals surface area contributed by atoms with Crippen LogP contribution in [0.5, 0.6) is 0 Å². The van der Waals surface area contributed by atoms with Crippen molar-refractivity contribution >= 4 is 17.7 Å². The maximum atomic E-state index is 12.8. The number of rotatable bonds is 4. The van der Waals surface area contributed by atoms with Crippen molar-refractivity contribution in [2.45, 2.75) is 39.2 Å². The van der Waals surface area contributed by atoms with E-state index >= 15 is 0 Å². The standard InChI is InChI=1S/C16H22N2O3/c1-3-17(12(2)11-15(19)20)16(21)18-10-6-8-13-7-4-5-9-14(13)18/h4-5,7,9,12H,3,6,8,10-11H2,1-2H3,(H,19,20). The second kappa shape index (κ2) is 6.61. The Labute approximate surface area is 125 Å². The minimum absolute atomic E-state index is 0.0327. The zero-order valence-corrected chi connectivity index (χ0v) is 12.6. The highest BCUT2D eigenvalue weighted by Gasteiger charge is 2.28. The first kappa shape index (κ1) is 15.4. The van der Waals surface area contributed by atoms with Gasteiger partial charge in [-0.3, -0.25) is 9.69 Å². The molecule has 0 saturated heterocycles. The summed E-state index contributed by atoms with van der Waals surface area (Å²) >= 11 is 0. The third kappa shape index (κ3) is 3.35. The van der Waals surface area contributed by atoms with Gasteiger partial charge in [-0.1, -0.05) is 18.2 Å². The Morgan fingerprint density at radius 3 is 2.76 bits per heavy atom. The number of hydrogen-bond acceptors (Lipinski definition) is 2. The molecule has 0 aromatic heterocycles. The number of nitrogens with zero attached hydrogens (tertiary/aromatic N) is 2. The van der Waals surface area contributed by atoms with Crippen LogP contribution in [0.3, 0.4) is 0 Å². The van der Waals surface area contributed by atoms with Crippen LogP contribution in [0, 0.1) is 0 Å². The average Bonchev–Trinajstić information content (AvgIpc) is 2.46. The number of carbonyl (C=O) groups is 2. The van der Waals surface area contributed by atoms with Crippen LogP contribution in [0.2, 0.25) is 0 Å². The topological polar surface area (TPSA) is 60.9 Å². The van der Waals surface area contributed by atoms with Crippen LogP contribution in [0.1, 0.15) is 32.3 Å². The first-order valence-corrected chi connectivity index (χ1v) is 7.42. The number of benzene rings is 1. The van der Waals surface area contributed by atoms with Gasteiger partial charge < -0.3 is 10.0 Å². The molecule has 1 N–H and O–H groups in total. The summed E-state index contributed by atoms with van der Waals surface area (Å²) in [4.78, 5) is 27.1. The quantitative estimate of drug-likeness (QED) is 0.927. The summed E-state index contributed by atoms with van der Waals surface area (Å²) in [5.41, 5.74) is 2.13. The van der Waals surface area contributed by atoms with Crippen LogP contribution < -0.4 is 4.90 Å². The van der Waals surface area contributed by atoms with Crippen LogP contribution in [-0.4, -0.2) is 41.1 Å². The molecule has 5 nitrogen and oxygen atoms in total. The second-order valence-corrected chi connectivity index (χ2v) is 5.40. The van der Waals surface area contributed by atoms with Gasteiger partial charge in [0.25, 0.3) is 0 Å². The van der Waals surface area contributed by atoms with Crippen molar-refractivity contribution in [3.05, 3.63) is 29.8 Å². The van der Waals surface area contributed by atoms with Crippen molar-refractivity contribution in [1.29, 1.82) is 0 Å². The monoisotopic (exact) mass is 290 g/mol. The Bertz CT molecular complexity index is 530. The average molecular weight is 290 g/mol. The van der Waals surface area contributed by atoms with Gasteiger partial charge in [-0.2, -0.15) is 0 Å². The number of carboxylic acids is 1. The van der Waals surface area contributed by atoms with E-state index in [1.165, 1.54) is 5.56 Å². The molecule has 114 valence electrons. The SMILES string of the molecule is CCN(C(=O)N1CCCc2ccccc21)C(C)CC(=O)O. The number of carbonyl (C=O) groups excluding carboxylic acids is 1. The van der Waals surface area contributed by atoms with Crippen molar-refractivity contribution in [2.75, 3.05) is 18.0 Å². The summed E-state index contributed by atoms with van der Waals surface area (Å²) in [6, 6.07) is 7.51. The molecule has 1 heterocycles. The molecule has 1 aliphatic rings. The first-order chi connectivity index (χ1) is 10.0. The maximum absolute atomic E-state index is 12.8. The van der Waals surface area contributed by atoms with Gasteiger partial charge in [0.15, 0.2) is 0 Å². The van der Waals surface area contributed by atoms with E-state index in [0.717, 1.165) is 18.5 Å². The molecule has 1 unspecified atom stereocenters. The molecule has 1 aromatic carbocycles. The minimum atomic E-state index is -0.882. The van der Waals surface area contributed by atoms with Crippen LogP contribution in [0.4, 0.5) is 10.5 Å². The fourth-order valence-electron chi connectivity index (χ4n) is 2.89. The molecule has 0 spiro atoms. The molecule has 0 saturated carbocycles. The van der Waals surface area contributed by atoms with Crippen LogP contribution in [0.15, 0.2) is 24.3 Å². The highest BCUT2D eigenvalue weighted by atomic mass is 16.4. The van der Waals surface area contributed by atoms with Crippen LogP contribution in [-0.2, 0) is 11.2 Å². The lowest BCUT2D eigenvalue weighted by molar-refractivity contribution is -0.138. The zero-order valence-electron chi connectivity index (χ0n) is 12.6. The molecule has 1 aromatic rings. The van der Waals surface area contributed by atoms with Crippen molar-refractivity contribution in [2.24, 2.45) is 0 Å². The number of anilines is 1. The predicted molar refractivity (Wildman–Crippen MR) is 81.6 cm³/mol. The van der Waals surface area contributed by atoms with Crippen LogP contribution in [0.25, 0.3) is 0 Å². The lowest BCUT2D eigenvalue weighted by Crippen LogP contribution is -2.49. The van der Waals surface area contributed by atoms with Gasteiger partial charge in [-0.25, -0.2) is 4.79 Å². The van der Waals surface area contributed by atoms with Gasteiger partial charge >= 0.3 is 12.0 Å². The zero-order chi connectivity index (χ0) is 15.4. The highest BCUT2D eigenvalue weighted by molar-refractivity contribution is 5.93. The third-order valence-electron chi connectivity index (χ3n) is 3.93. The highest BCUT2D eigenvalue weighted by Crippen LogP contribution is 2.28. The van der Waals surface area contributed by atoms with E-state index in [9.17, 15) is 9.59 Å². The lowest BCUT2D eigenvalue weighted by atomic mass is 10.0. The molecular formula is C16H22N2O3. The van der Waals surface area contributed by atoms with Crippen molar-refractivity contribution in [1.82, 2.24) is 4.90 Å². The van der Waals surface area contributed by atoms with Gasteiger partial charge in [0.2, 0.25) is 0 Å². The summed E-state index contributed by atoms with van der Waals surface area (Å²) in [6.45, 7) is 4.86. The predicted octanol–water partition coefficient (Wildman–Crippen LogP) is 2.74. The van der Waals surface area contributed by atoms with E-state index in [2.05, 4.69) is 0 Å². The minimum Gasteiger partial charge on any atom is -0.481 e. The Kier molecular flexibility index (Phi) is 4.83. The molecule has 21 heavy (non-hydrogen) atoms. The van der Waals surface area contributed by atoms with Crippen molar-refractivity contribution in [3.63, 3.8) is 0 Å². The van der Waals surface area contributed by atoms with E-state index in [1.54, 1.807) is 16.7 Å².